The molecule has 8 heteroatoms. The zero-order valence-electron chi connectivity index (χ0n) is 15.9. The number of carbonyl (C=O) groups excluding carboxylic acids is 2. The lowest BCUT2D eigenvalue weighted by molar-refractivity contribution is -0.119. The van der Waals surface area contributed by atoms with Gasteiger partial charge >= 0.3 is 0 Å². The number of hydrogen-bond acceptors (Lipinski definition) is 4. The van der Waals surface area contributed by atoms with E-state index in [1.54, 1.807) is 42.5 Å². The van der Waals surface area contributed by atoms with Gasteiger partial charge in [-0.25, -0.2) is 8.42 Å². The van der Waals surface area contributed by atoms with Gasteiger partial charge in [0.2, 0.25) is 15.9 Å². The second-order valence-corrected chi connectivity index (χ2v) is 9.30. The lowest BCUT2D eigenvalue weighted by Crippen LogP contribution is -2.43. The Bertz CT molecular complexity index is 1020. The Kier molecular flexibility index (Phi) is 5.38. The highest BCUT2D eigenvalue weighted by molar-refractivity contribution is 7.89. The van der Waals surface area contributed by atoms with E-state index in [1.807, 2.05) is 0 Å². The van der Waals surface area contributed by atoms with Crippen molar-refractivity contribution in [3.05, 3.63) is 60.2 Å². The van der Waals surface area contributed by atoms with Crippen LogP contribution in [-0.2, 0) is 14.8 Å². The number of benzene rings is 2. The van der Waals surface area contributed by atoms with E-state index in [1.165, 1.54) is 16.4 Å². The van der Waals surface area contributed by atoms with Gasteiger partial charge < -0.3 is 10.6 Å². The molecule has 2 aromatic rings. The van der Waals surface area contributed by atoms with Gasteiger partial charge in [-0.2, -0.15) is 4.31 Å². The Hall–Kier alpha value is -2.71. The topological polar surface area (TPSA) is 95.6 Å². The van der Waals surface area contributed by atoms with Crippen molar-refractivity contribution in [3.63, 3.8) is 0 Å². The molecule has 1 aliphatic carbocycles. The number of nitrogens with zero attached hydrogens (tertiary/aromatic N) is 1. The first kappa shape index (κ1) is 19.6. The van der Waals surface area contributed by atoms with Gasteiger partial charge in [-0.15, -0.1) is 0 Å². The van der Waals surface area contributed by atoms with Crippen molar-refractivity contribution in [3.8, 4) is 0 Å². The van der Waals surface area contributed by atoms with Crippen molar-refractivity contribution >= 4 is 27.5 Å². The SMILES string of the molecule is O=C(NC1CC1)c1cccc(NC(=O)[C@H]2CCCN2S(=O)(=O)c2ccccc2)c1. The first-order valence-electron chi connectivity index (χ1n) is 9.74. The van der Waals surface area contributed by atoms with Gasteiger partial charge in [0.1, 0.15) is 6.04 Å². The third-order valence-corrected chi connectivity index (χ3v) is 7.08. The summed E-state index contributed by atoms with van der Waals surface area (Å²) < 4.78 is 27.2. The van der Waals surface area contributed by atoms with E-state index in [0.29, 0.717) is 30.6 Å². The molecule has 0 bridgehead atoms. The van der Waals surface area contributed by atoms with Crippen molar-refractivity contribution in [2.24, 2.45) is 0 Å². The van der Waals surface area contributed by atoms with Crippen molar-refractivity contribution in [1.29, 1.82) is 0 Å². The molecule has 2 fully saturated rings. The molecule has 29 heavy (non-hydrogen) atoms. The highest BCUT2D eigenvalue weighted by Crippen LogP contribution is 2.27. The predicted octanol–water partition coefficient (Wildman–Crippen LogP) is 2.37. The van der Waals surface area contributed by atoms with Crippen LogP contribution in [0.25, 0.3) is 0 Å². The second kappa shape index (κ2) is 7.96. The molecular weight excluding hydrogens is 390 g/mol. The molecule has 1 aliphatic heterocycles. The van der Waals surface area contributed by atoms with Gasteiger partial charge in [-0.3, -0.25) is 9.59 Å². The fourth-order valence-electron chi connectivity index (χ4n) is 3.48. The molecule has 1 atom stereocenters. The molecule has 0 unspecified atom stereocenters. The minimum Gasteiger partial charge on any atom is -0.349 e. The van der Waals surface area contributed by atoms with E-state index in [-0.39, 0.29) is 22.8 Å². The van der Waals surface area contributed by atoms with E-state index in [4.69, 9.17) is 0 Å². The van der Waals surface area contributed by atoms with Crippen LogP contribution in [0.1, 0.15) is 36.0 Å². The van der Waals surface area contributed by atoms with Gasteiger partial charge in [0.05, 0.1) is 4.90 Å². The fraction of sp³-hybridized carbons (Fsp3) is 0.333. The number of sulfonamides is 1. The number of hydrogen-bond donors (Lipinski definition) is 2. The molecule has 0 spiro atoms. The van der Waals surface area contributed by atoms with Crippen LogP contribution in [-0.4, -0.2) is 43.2 Å². The van der Waals surface area contributed by atoms with Crippen LogP contribution >= 0.6 is 0 Å². The average molecular weight is 413 g/mol. The zero-order chi connectivity index (χ0) is 20.4. The van der Waals surface area contributed by atoms with Crippen molar-refractivity contribution in [1.82, 2.24) is 9.62 Å². The van der Waals surface area contributed by atoms with Crippen molar-refractivity contribution < 1.29 is 18.0 Å². The molecule has 2 aliphatic rings. The molecule has 7 nitrogen and oxygen atoms in total. The normalized spacial score (nSPS) is 19.7. The van der Waals surface area contributed by atoms with Gasteiger partial charge in [-0.1, -0.05) is 24.3 Å². The Morgan fingerprint density at radius 2 is 1.72 bits per heavy atom. The van der Waals surface area contributed by atoms with Crippen LogP contribution < -0.4 is 10.6 Å². The third kappa shape index (κ3) is 4.33. The van der Waals surface area contributed by atoms with Crippen LogP contribution in [0.4, 0.5) is 5.69 Å². The van der Waals surface area contributed by atoms with Gasteiger partial charge in [0.25, 0.3) is 5.91 Å². The lowest BCUT2D eigenvalue weighted by atomic mass is 10.1. The Morgan fingerprint density at radius 1 is 0.966 bits per heavy atom. The Morgan fingerprint density at radius 3 is 2.45 bits per heavy atom. The quantitative estimate of drug-likeness (QED) is 0.760. The number of carbonyl (C=O) groups is 2. The smallest absolute Gasteiger partial charge is 0.251 e. The number of anilines is 1. The van der Waals surface area contributed by atoms with Crippen molar-refractivity contribution in [2.45, 2.75) is 42.7 Å². The second-order valence-electron chi connectivity index (χ2n) is 7.40. The first-order valence-corrected chi connectivity index (χ1v) is 11.2. The van der Waals surface area contributed by atoms with Crippen LogP contribution in [0, 0.1) is 0 Å². The summed E-state index contributed by atoms with van der Waals surface area (Å²) in [5.41, 5.74) is 0.942. The highest BCUT2D eigenvalue weighted by Gasteiger charge is 2.39. The molecule has 0 radical (unpaired) electrons. The van der Waals surface area contributed by atoms with Gasteiger partial charge in [-0.05, 0) is 56.0 Å². The largest absolute Gasteiger partial charge is 0.349 e. The predicted molar refractivity (Wildman–Crippen MR) is 109 cm³/mol. The highest BCUT2D eigenvalue weighted by atomic mass is 32.2. The molecule has 0 aromatic heterocycles. The summed E-state index contributed by atoms with van der Waals surface area (Å²) in [6.45, 7) is 0.305. The molecule has 1 saturated heterocycles. The summed E-state index contributed by atoms with van der Waals surface area (Å²) in [4.78, 5) is 25.3. The summed E-state index contributed by atoms with van der Waals surface area (Å²) in [5, 5.41) is 5.69. The first-order chi connectivity index (χ1) is 13.9. The summed E-state index contributed by atoms with van der Waals surface area (Å²) in [5.74, 6) is -0.556. The minimum absolute atomic E-state index is 0.169. The number of amides is 2. The van der Waals surface area contributed by atoms with E-state index >= 15 is 0 Å². The molecule has 2 N–H and O–H groups in total. The average Bonchev–Trinajstić information content (AvgIpc) is 3.39. The maximum Gasteiger partial charge on any atom is 0.251 e. The fourth-order valence-corrected chi connectivity index (χ4v) is 5.16. The van der Waals surface area contributed by atoms with E-state index in [0.717, 1.165) is 12.8 Å². The molecular formula is C21H23N3O4S. The monoisotopic (exact) mass is 413 g/mol. The standard InChI is InChI=1S/C21H23N3O4S/c25-20(22-16-11-12-16)15-6-4-7-17(14-15)23-21(26)19-10-5-13-24(19)29(27,28)18-8-2-1-3-9-18/h1-4,6-9,14,16,19H,5,10-13H2,(H,22,25)(H,23,26)/t19-/m1/s1. The Labute approximate surface area is 170 Å². The summed E-state index contributed by atoms with van der Waals surface area (Å²) in [6, 6.07) is 14.3. The molecule has 1 heterocycles. The Balaban J connectivity index is 1.48. The van der Waals surface area contributed by atoms with Crippen LogP contribution in [0.3, 0.4) is 0 Å². The lowest BCUT2D eigenvalue weighted by Gasteiger charge is -2.23. The maximum absolute atomic E-state index is 12.9. The molecule has 2 aromatic carbocycles. The maximum atomic E-state index is 12.9. The van der Waals surface area contributed by atoms with Gasteiger partial charge in [0.15, 0.2) is 0 Å². The number of nitrogens with one attached hydrogen (secondary N) is 2. The molecule has 2 amide bonds. The summed E-state index contributed by atoms with van der Waals surface area (Å²) in [7, 11) is -3.74. The zero-order valence-corrected chi connectivity index (χ0v) is 16.7. The van der Waals surface area contributed by atoms with Crippen LogP contribution in [0.2, 0.25) is 0 Å². The molecule has 1 saturated carbocycles. The summed E-state index contributed by atoms with van der Waals surface area (Å²) in [6.07, 6.45) is 3.07. The minimum atomic E-state index is -3.74. The van der Waals surface area contributed by atoms with Gasteiger partial charge in [0, 0.05) is 23.8 Å². The molecule has 4 rings (SSSR count). The number of rotatable bonds is 6. The summed E-state index contributed by atoms with van der Waals surface area (Å²) >= 11 is 0. The van der Waals surface area contributed by atoms with E-state index in [9.17, 15) is 18.0 Å². The molecule has 152 valence electrons. The van der Waals surface area contributed by atoms with Crippen LogP contribution in [0.5, 0.6) is 0 Å². The van der Waals surface area contributed by atoms with Crippen molar-refractivity contribution in [2.75, 3.05) is 11.9 Å². The third-order valence-electron chi connectivity index (χ3n) is 5.16. The van der Waals surface area contributed by atoms with E-state index in [2.05, 4.69) is 10.6 Å². The van der Waals surface area contributed by atoms with Crippen LogP contribution in [0.15, 0.2) is 59.5 Å². The van der Waals surface area contributed by atoms with E-state index < -0.39 is 16.1 Å².